The number of rotatable bonds is 3. The molecule has 2 N–H and O–H groups in total. The summed E-state index contributed by atoms with van der Waals surface area (Å²) in [6, 6.07) is -0.420. The molecule has 0 radical (unpaired) electrons. The summed E-state index contributed by atoms with van der Waals surface area (Å²) in [5.41, 5.74) is -0.546. The monoisotopic (exact) mass is 436 g/mol. The van der Waals surface area contributed by atoms with E-state index in [1.54, 1.807) is 23.2 Å². The number of nitrogens with one attached hydrogen (secondary N) is 1. The largest absolute Gasteiger partial charge is 0.444 e. The van der Waals surface area contributed by atoms with Gasteiger partial charge >= 0.3 is 12.1 Å². The predicted octanol–water partition coefficient (Wildman–Crippen LogP) is 3.06. The number of fused-ring (bicyclic) bond motifs is 2. The third-order valence-corrected chi connectivity index (χ3v) is 6.79. The van der Waals surface area contributed by atoms with Crippen molar-refractivity contribution >= 4 is 29.3 Å². The Balaban J connectivity index is 1.30. The highest BCUT2D eigenvalue weighted by atomic mass is 32.1. The van der Waals surface area contributed by atoms with Crippen LogP contribution in [-0.4, -0.2) is 67.6 Å². The number of hydroxylamine groups is 2. The van der Waals surface area contributed by atoms with Crippen LogP contribution in [0.3, 0.4) is 0 Å². The first kappa shape index (κ1) is 21.0. The van der Waals surface area contributed by atoms with E-state index in [0.29, 0.717) is 18.3 Å². The van der Waals surface area contributed by atoms with Crippen LogP contribution in [0.25, 0.3) is 0 Å². The van der Waals surface area contributed by atoms with Gasteiger partial charge in [0.05, 0.1) is 18.1 Å². The number of amides is 3. The van der Waals surface area contributed by atoms with Crippen molar-refractivity contribution in [3.63, 3.8) is 0 Å². The lowest BCUT2D eigenvalue weighted by molar-refractivity contribution is -0.0584. The van der Waals surface area contributed by atoms with E-state index in [9.17, 15) is 14.8 Å². The molecule has 1 aromatic heterocycles. The number of nitrogens with zero attached hydrogens (tertiary/aromatic N) is 5. The van der Waals surface area contributed by atoms with Gasteiger partial charge < -0.3 is 9.64 Å². The Morgan fingerprint density at radius 1 is 1.27 bits per heavy atom. The fourth-order valence-corrected chi connectivity index (χ4v) is 5.22. The molecule has 30 heavy (non-hydrogen) atoms. The molecule has 2 atom stereocenters. The minimum absolute atomic E-state index is 0.105. The Morgan fingerprint density at radius 2 is 1.97 bits per heavy atom. The van der Waals surface area contributed by atoms with Crippen molar-refractivity contribution in [1.82, 2.24) is 25.5 Å². The minimum Gasteiger partial charge on any atom is -0.444 e. The van der Waals surface area contributed by atoms with Crippen molar-refractivity contribution in [2.24, 2.45) is 4.99 Å². The summed E-state index contributed by atoms with van der Waals surface area (Å²) < 4.78 is 5.23. The van der Waals surface area contributed by atoms with E-state index < -0.39 is 11.7 Å². The standard InChI is InChI=1S/C19H28N6O4S/c1-10(21-17(26)29-19(2,3)4)20-12-7-11(8-12)15-22-23-16(30-15)14-6-5-13-9-24(14)18(27)25(13)28/h11-14,28H,5-9H2,1-4H3,(H,20,21,26). The maximum absolute atomic E-state index is 12.2. The first-order valence-electron chi connectivity index (χ1n) is 10.3. The second-order valence-corrected chi connectivity index (χ2v) is 10.2. The van der Waals surface area contributed by atoms with Crippen LogP contribution in [0.15, 0.2) is 4.99 Å². The molecule has 3 fully saturated rings. The smallest absolute Gasteiger partial charge is 0.413 e. The van der Waals surface area contributed by atoms with Crippen molar-refractivity contribution in [2.75, 3.05) is 6.54 Å². The Bertz CT molecular complexity index is 859. The van der Waals surface area contributed by atoms with Gasteiger partial charge in [-0.1, -0.05) is 11.3 Å². The fraction of sp³-hybridized carbons (Fsp3) is 0.737. The molecule has 4 rings (SSSR count). The van der Waals surface area contributed by atoms with Crippen molar-refractivity contribution in [1.29, 1.82) is 0 Å². The van der Waals surface area contributed by atoms with Crippen molar-refractivity contribution in [3.8, 4) is 0 Å². The maximum Gasteiger partial charge on any atom is 0.413 e. The van der Waals surface area contributed by atoms with Gasteiger partial charge in [0, 0.05) is 12.5 Å². The molecule has 2 aliphatic heterocycles. The van der Waals surface area contributed by atoms with Crippen molar-refractivity contribution in [2.45, 2.75) is 83.0 Å². The molecule has 11 heteroatoms. The molecule has 2 bridgehead atoms. The number of alkyl carbamates (subject to hydrolysis) is 1. The van der Waals surface area contributed by atoms with Gasteiger partial charge in [0.25, 0.3) is 0 Å². The first-order chi connectivity index (χ1) is 14.1. The SMILES string of the molecule is CC(=NC1CC(c2nnc(C3CCC4CN3C(=O)N4O)s2)C1)NC(=O)OC(C)(C)C. The number of amidine groups is 1. The Kier molecular flexibility index (Phi) is 5.43. The first-order valence-corrected chi connectivity index (χ1v) is 11.1. The van der Waals surface area contributed by atoms with E-state index in [1.807, 2.05) is 20.8 Å². The average Bonchev–Trinajstić information content (AvgIpc) is 3.17. The molecule has 1 saturated carbocycles. The highest BCUT2D eigenvalue weighted by Gasteiger charge is 2.46. The summed E-state index contributed by atoms with van der Waals surface area (Å²) in [6.45, 7) is 7.75. The van der Waals surface area contributed by atoms with Crippen LogP contribution in [0.2, 0.25) is 0 Å². The van der Waals surface area contributed by atoms with E-state index in [1.165, 1.54) is 0 Å². The van der Waals surface area contributed by atoms with Crippen LogP contribution in [0.1, 0.15) is 75.4 Å². The summed E-state index contributed by atoms with van der Waals surface area (Å²) >= 11 is 1.55. The van der Waals surface area contributed by atoms with E-state index >= 15 is 0 Å². The number of piperidine rings is 1. The zero-order valence-electron chi connectivity index (χ0n) is 17.7. The number of carbonyl (C=O) groups excluding carboxylic acids is 2. The van der Waals surface area contributed by atoms with E-state index in [0.717, 1.165) is 40.8 Å². The highest BCUT2D eigenvalue weighted by Crippen LogP contribution is 2.43. The van der Waals surface area contributed by atoms with Crippen LogP contribution in [0.4, 0.5) is 9.59 Å². The fourth-order valence-electron chi connectivity index (χ4n) is 4.11. The number of aliphatic imine (C=N–C) groups is 1. The number of hydrogen-bond acceptors (Lipinski definition) is 8. The van der Waals surface area contributed by atoms with Gasteiger partial charge in [0.2, 0.25) is 0 Å². The summed E-state index contributed by atoms with van der Waals surface area (Å²) in [5, 5.41) is 23.9. The van der Waals surface area contributed by atoms with Crippen molar-refractivity contribution in [3.05, 3.63) is 10.0 Å². The third kappa shape index (κ3) is 4.27. The Morgan fingerprint density at radius 3 is 2.67 bits per heavy atom. The topological polar surface area (TPSA) is 120 Å². The molecule has 164 valence electrons. The second kappa shape index (κ2) is 7.77. The van der Waals surface area contributed by atoms with Crippen LogP contribution < -0.4 is 5.32 Å². The summed E-state index contributed by atoms with van der Waals surface area (Å²) in [6.07, 6.45) is 2.75. The third-order valence-electron chi connectivity index (χ3n) is 5.61. The summed E-state index contributed by atoms with van der Waals surface area (Å²) in [7, 11) is 0. The van der Waals surface area contributed by atoms with E-state index in [4.69, 9.17) is 4.74 Å². The van der Waals surface area contributed by atoms with Crippen LogP contribution in [0, 0.1) is 0 Å². The molecule has 3 heterocycles. The number of hydrogen-bond donors (Lipinski definition) is 2. The van der Waals surface area contributed by atoms with Crippen LogP contribution >= 0.6 is 11.3 Å². The van der Waals surface area contributed by atoms with E-state index in [-0.39, 0.29) is 24.2 Å². The zero-order chi connectivity index (χ0) is 21.6. The average molecular weight is 437 g/mol. The van der Waals surface area contributed by atoms with Gasteiger partial charge in [0.1, 0.15) is 21.5 Å². The van der Waals surface area contributed by atoms with Crippen molar-refractivity contribution < 1.29 is 19.5 Å². The lowest BCUT2D eigenvalue weighted by Crippen LogP contribution is -2.36. The molecular formula is C19H28N6O4S. The molecule has 3 amide bonds. The van der Waals surface area contributed by atoms with Crippen LogP contribution in [0.5, 0.6) is 0 Å². The molecule has 0 spiro atoms. The highest BCUT2D eigenvalue weighted by molar-refractivity contribution is 7.11. The molecule has 10 nitrogen and oxygen atoms in total. The second-order valence-electron chi connectivity index (χ2n) is 9.17. The molecule has 1 aromatic rings. The normalized spacial score (nSPS) is 29.1. The quantitative estimate of drug-likeness (QED) is 0.427. The summed E-state index contributed by atoms with van der Waals surface area (Å²) in [5.74, 6) is 0.836. The lowest BCUT2D eigenvalue weighted by Gasteiger charge is -2.31. The van der Waals surface area contributed by atoms with Crippen LogP contribution in [-0.2, 0) is 4.74 Å². The zero-order valence-corrected chi connectivity index (χ0v) is 18.5. The summed E-state index contributed by atoms with van der Waals surface area (Å²) in [4.78, 5) is 30.2. The lowest BCUT2D eigenvalue weighted by atomic mass is 9.81. The Labute approximate surface area is 179 Å². The number of carbonyl (C=O) groups is 2. The van der Waals surface area contributed by atoms with Gasteiger partial charge in [-0.2, -0.15) is 0 Å². The van der Waals surface area contributed by atoms with Gasteiger partial charge in [-0.15, -0.1) is 10.2 Å². The predicted molar refractivity (Wildman–Crippen MR) is 110 cm³/mol. The molecule has 1 aliphatic carbocycles. The molecule has 2 unspecified atom stereocenters. The number of urea groups is 1. The molecule has 2 saturated heterocycles. The minimum atomic E-state index is -0.546. The van der Waals surface area contributed by atoms with Gasteiger partial charge in [-0.3, -0.25) is 15.5 Å². The van der Waals surface area contributed by atoms with Gasteiger partial charge in [-0.05, 0) is 53.4 Å². The van der Waals surface area contributed by atoms with Gasteiger partial charge in [0.15, 0.2) is 0 Å². The van der Waals surface area contributed by atoms with E-state index in [2.05, 4.69) is 20.5 Å². The Hall–Kier alpha value is -2.27. The maximum atomic E-state index is 12.2. The van der Waals surface area contributed by atoms with Gasteiger partial charge in [-0.25, -0.2) is 14.7 Å². The number of aromatic nitrogens is 2. The molecule has 0 aromatic carbocycles. The number of ether oxygens (including phenoxy) is 1. The molecular weight excluding hydrogens is 408 g/mol. The molecule has 3 aliphatic rings.